The Labute approximate surface area is 434 Å². The molecular formula is C55H77F2N9O8. The Morgan fingerprint density at radius 2 is 1.80 bits per heavy atom. The van der Waals surface area contributed by atoms with Crippen LogP contribution in [0.3, 0.4) is 0 Å². The number of ether oxygens (including phenoxy) is 3. The first-order valence-electron chi connectivity index (χ1n) is 26.1. The molecular weight excluding hydrogens is 953 g/mol. The summed E-state index contributed by atoms with van der Waals surface area (Å²) in [5, 5.41) is 4.99. The number of anilines is 1. The Hall–Kier alpha value is -5.68. The molecule has 1 aromatic carbocycles. The van der Waals surface area contributed by atoms with Gasteiger partial charge in [-0.1, -0.05) is 40.5 Å². The number of hydrogen-bond acceptors (Lipinski definition) is 12. The molecule has 74 heavy (non-hydrogen) atoms. The molecule has 3 aromatic rings. The first-order valence-corrected chi connectivity index (χ1v) is 26.1. The molecule has 0 saturated carbocycles. The summed E-state index contributed by atoms with van der Waals surface area (Å²) in [5.74, 6) is 1.53. The summed E-state index contributed by atoms with van der Waals surface area (Å²) < 4.78 is 54.0. The second kappa shape index (κ2) is 22.7. The second-order valence-electron chi connectivity index (χ2n) is 22.3. The van der Waals surface area contributed by atoms with Gasteiger partial charge in [0.2, 0.25) is 5.91 Å². The number of hydrazine groups is 1. The predicted octanol–water partition coefficient (Wildman–Crippen LogP) is 5.43. The lowest BCUT2D eigenvalue weighted by atomic mass is 9.90. The SMILES string of the molecule is CCc1c(-c2cccnc2[C@H](C)OC)n2c3cc(c(F)cc13)N1CCO[C@@H](C[C@H](NC(=O)[C@H](C(C)C)N(C)C(=O)C3(F)CCN(C(=O)C#CC(C)(C)N(C)C)CC3)C(=O)N3CCC[C@H](N3)C(=O)OCC(C)(C)C2)C1. The number of likely N-dealkylation sites (N-methyl/N-ethyl adjacent to an activating group) is 1. The van der Waals surface area contributed by atoms with Crippen LogP contribution in [0.1, 0.15) is 105 Å². The third kappa shape index (κ3) is 11.9. The number of aromatic nitrogens is 2. The minimum absolute atomic E-state index is 0.0222. The molecule has 3 fully saturated rings. The second-order valence-corrected chi connectivity index (χ2v) is 22.3. The highest BCUT2D eigenvalue weighted by Crippen LogP contribution is 2.42. The molecule has 19 heteroatoms. The van der Waals surface area contributed by atoms with Gasteiger partial charge in [0.25, 0.3) is 17.7 Å². The van der Waals surface area contributed by atoms with Crippen LogP contribution < -0.4 is 15.6 Å². The molecule has 4 aliphatic heterocycles. The van der Waals surface area contributed by atoms with Gasteiger partial charge in [-0.15, -0.1) is 0 Å². The quantitative estimate of drug-likeness (QED) is 0.196. The topological polar surface area (TPSA) is 171 Å². The molecule has 4 amide bonds. The summed E-state index contributed by atoms with van der Waals surface area (Å²) >= 11 is 0. The molecule has 5 atom stereocenters. The number of methoxy groups -OCH3 is 1. The Balaban J connectivity index is 1.20. The number of esters is 1. The van der Waals surface area contributed by atoms with Gasteiger partial charge in [-0.2, -0.15) is 0 Å². The molecule has 0 aliphatic carbocycles. The third-order valence-corrected chi connectivity index (χ3v) is 15.4. The molecule has 17 nitrogen and oxygen atoms in total. The zero-order valence-electron chi connectivity index (χ0n) is 45.4. The number of amides is 4. The lowest BCUT2D eigenvalue weighted by molar-refractivity contribution is -0.157. The fraction of sp³-hybridized carbons (Fsp3) is 0.636. The summed E-state index contributed by atoms with van der Waals surface area (Å²) in [6.45, 7) is 16.5. The Morgan fingerprint density at radius 3 is 2.46 bits per heavy atom. The number of alkyl halides is 1. The van der Waals surface area contributed by atoms with Crippen LogP contribution in [-0.2, 0) is 51.1 Å². The van der Waals surface area contributed by atoms with Crippen LogP contribution in [0.25, 0.3) is 22.2 Å². The number of pyridine rings is 1. The maximum absolute atomic E-state index is 16.9. The number of halogens is 2. The highest BCUT2D eigenvalue weighted by molar-refractivity contribution is 5.97. The Kier molecular flexibility index (Phi) is 17.2. The van der Waals surface area contributed by atoms with Gasteiger partial charge in [0, 0.05) is 95.2 Å². The van der Waals surface area contributed by atoms with Crippen molar-refractivity contribution in [2.24, 2.45) is 11.3 Å². The first kappa shape index (κ1) is 56.1. The molecule has 2 N–H and O–H groups in total. The number of morpholine rings is 1. The number of fused-ring (bicyclic) bond motifs is 6. The van der Waals surface area contributed by atoms with Gasteiger partial charge >= 0.3 is 5.97 Å². The number of carbonyl (C=O) groups excluding carboxylic acids is 5. The summed E-state index contributed by atoms with van der Waals surface area (Å²) in [4.78, 5) is 81.7. The van der Waals surface area contributed by atoms with Gasteiger partial charge in [-0.25, -0.2) is 14.2 Å². The monoisotopic (exact) mass is 1030 g/mol. The molecule has 4 aliphatic rings. The fourth-order valence-corrected chi connectivity index (χ4v) is 10.6. The summed E-state index contributed by atoms with van der Waals surface area (Å²) in [6, 6.07) is 3.98. The van der Waals surface area contributed by atoms with Gasteiger partial charge in [0.1, 0.15) is 23.9 Å². The number of hydrogen-bond donors (Lipinski definition) is 2. The molecule has 7 rings (SSSR count). The van der Waals surface area contributed by atoms with Crippen molar-refractivity contribution in [2.75, 3.05) is 79.1 Å². The lowest BCUT2D eigenvalue weighted by Crippen LogP contribution is -2.63. The van der Waals surface area contributed by atoms with E-state index in [-0.39, 0.29) is 64.8 Å². The smallest absolute Gasteiger partial charge is 0.324 e. The standard InChI is InChI=1S/C55H77F2N9O8/c1-13-37-39-29-40(56)44-30-43(39)65(48(37)38-16-14-22-58-46(38)35(4)72-12)32-53(5,6)33-74-51(70)41-17-15-23-66(60-41)50(69)42(28-36-31-64(44)26-27-73-36)59-49(68)47(34(2)3)62(11)52(71)55(57)20-24-63(25-21-55)45(67)18-19-54(7,8)61(9)10/h14,16,22,29-30,34-36,41-42,47,60H,13,15,17,20-21,23-28,31-33H2,1-12H3,(H,59,68)/t35-,36-,41-,42-,47-/m0/s1. The number of nitrogens with zero attached hydrogens (tertiary/aromatic N) is 7. The van der Waals surface area contributed by atoms with Crippen molar-refractivity contribution in [3.63, 3.8) is 0 Å². The number of aryl methyl sites for hydroxylation is 1. The van der Waals surface area contributed by atoms with Crippen molar-refractivity contribution < 1.29 is 47.0 Å². The Morgan fingerprint density at radius 1 is 1.08 bits per heavy atom. The van der Waals surface area contributed by atoms with E-state index in [1.54, 1.807) is 33.2 Å². The molecule has 0 spiro atoms. The van der Waals surface area contributed by atoms with Crippen LogP contribution in [0.5, 0.6) is 0 Å². The number of benzene rings is 1. The van der Waals surface area contributed by atoms with Gasteiger partial charge in [-0.05, 0) is 95.8 Å². The van der Waals surface area contributed by atoms with E-state index in [1.165, 1.54) is 17.0 Å². The minimum atomic E-state index is -2.37. The van der Waals surface area contributed by atoms with Gasteiger partial charge in [0.15, 0.2) is 5.67 Å². The number of likely N-dealkylation sites (tertiary alicyclic amines) is 1. The highest BCUT2D eigenvalue weighted by Gasteiger charge is 2.48. The number of rotatable bonds is 10. The van der Waals surface area contributed by atoms with Crippen LogP contribution in [0, 0.1) is 29.0 Å². The third-order valence-electron chi connectivity index (χ3n) is 15.4. The number of cyclic esters (lactones) is 1. The van der Waals surface area contributed by atoms with E-state index >= 15 is 8.78 Å². The van der Waals surface area contributed by atoms with E-state index in [2.05, 4.69) is 27.2 Å². The van der Waals surface area contributed by atoms with Crippen LogP contribution in [-0.4, -0.2) is 168 Å². The number of nitrogens with one attached hydrogen (secondary N) is 2. The zero-order chi connectivity index (χ0) is 54.0. The average molecular weight is 1030 g/mol. The van der Waals surface area contributed by atoms with Crippen LogP contribution in [0.4, 0.5) is 14.5 Å². The summed E-state index contributed by atoms with van der Waals surface area (Å²) in [5.41, 5.74) is 4.00. The maximum atomic E-state index is 16.9. The van der Waals surface area contributed by atoms with Crippen molar-refractivity contribution in [3.05, 3.63) is 47.5 Å². The van der Waals surface area contributed by atoms with E-state index in [4.69, 9.17) is 19.2 Å². The van der Waals surface area contributed by atoms with Crippen LogP contribution in [0.2, 0.25) is 0 Å². The zero-order valence-corrected chi connectivity index (χ0v) is 45.4. The molecule has 404 valence electrons. The van der Waals surface area contributed by atoms with Crippen molar-refractivity contribution in [2.45, 2.75) is 142 Å². The van der Waals surface area contributed by atoms with E-state index in [0.29, 0.717) is 38.0 Å². The lowest BCUT2D eigenvalue weighted by Gasteiger charge is -2.41. The largest absolute Gasteiger partial charge is 0.464 e. The summed E-state index contributed by atoms with van der Waals surface area (Å²) in [7, 11) is 6.72. The van der Waals surface area contributed by atoms with Crippen LogP contribution in [0.15, 0.2) is 30.5 Å². The Bertz CT molecular complexity index is 2650. The normalized spacial score (nSPS) is 22.4. The summed E-state index contributed by atoms with van der Waals surface area (Å²) in [6.07, 6.45) is 1.48. The van der Waals surface area contributed by atoms with E-state index in [0.717, 1.165) is 38.3 Å². The van der Waals surface area contributed by atoms with Crippen molar-refractivity contribution in [3.8, 4) is 23.1 Å². The van der Waals surface area contributed by atoms with Crippen LogP contribution >= 0.6 is 0 Å². The molecule has 0 radical (unpaired) electrons. The molecule has 6 heterocycles. The van der Waals surface area contributed by atoms with Crippen molar-refractivity contribution >= 4 is 46.2 Å². The molecule has 3 saturated heterocycles. The minimum Gasteiger partial charge on any atom is -0.464 e. The number of carbonyl (C=O) groups is 5. The molecule has 0 unspecified atom stereocenters. The van der Waals surface area contributed by atoms with Gasteiger partial charge in [-0.3, -0.25) is 38.9 Å². The maximum Gasteiger partial charge on any atom is 0.324 e. The van der Waals surface area contributed by atoms with Gasteiger partial charge < -0.3 is 38.8 Å². The fourth-order valence-electron chi connectivity index (χ4n) is 10.6. The predicted molar refractivity (Wildman–Crippen MR) is 278 cm³/mol. The van der Waals surface area contributed by atoms with E-state index < -0.39 is 82.2 Å². The van der Waals surface area contributed by atoms with Gasteiger partial charge in [0.05, 0.1) is 53.6 Å². The average Bonchev–Trinajstić information content (AvgIpc) is 3.66. The van der Waals surface area contributed by atoms with E-state index in [1.807, 2.05) is 83.6 Å². The van der Waals surface area contributed by atoms with E-state index in [9.17, 15) is 24.0 Å². The molecule has 6 bridgehead atoms. The van der Waals surface area contributed by atoms with Crippen molar-refractivity contribution in [1.29, 1.82) is 0 Å². The molecule has 2 aromatic heterocycles. The first-order chi connectivity index (χ1) is 34.9. The van der Waals surface area contributed by atoms with Crippen molar-refractivity contribution in [1.82, 2.24) is 40.0 Å². The highest BCUT2D eigenvalue weighted by atomic mass is 19.1. The number of piperidine rings is 1.